The van der Waals surface area contributed by atoms with Gasteiger partial charge in [-0.15, -0.1) is 0 Å². The van der Waals surface area contributed by atoms with Gasteiger partial charge in [0.2, 0.25) is 0 Å². The van der Waals surface area contributed by atoms with E-state index < -0.39 is 0 Å². The summed E-state index contributed by atoms with van der Waals surface area (Å²) >= 11 is 8.00. The van der Waals surface area contributed by atoms with Crippen LogP contribution in [0.15, 0.2) is 41.1 Å². The summed E-state index contributed by atoms with van der Waals surface area (Å²) in [4.78, 5) is 0. The fourth-order valence-electron chi connectivity index (χ4n) is 1.94. The van der Waals surface area contributed by atoms with Gasteiger partial charge in [0.05, 0.1) is 0 Å². The molecular weight excluding hydrogens is 250 g/mol. The van der Waals surface area contributed by atoms with Crippen LogP contribution in [0.2, 0.25) is 5.02 Å². The Bertz CT molecular complexity index is 453. The van der Waals surface area contributed by atoms with Crippen LogP contribution >= 0.6 is 22.9 Å². The summed E-state index contributed by atoms with van der Waals surface area (Å²) < 4.78 is 0. The molecule has 17 heavy (non-hydrogen) atoms. The van der Waals surface area contributed by atoms with E-state index in [1.807, 2.05) is 18.2 Å². The first-order valence-corrected chi connectivity index (χ1v) is 7.12. The number of thiophene rings is 1. The summed E-state index contributed by atoms with van der Waals surface area (Å²) in [6.45, 7) is 3.07. The molecule has 90 valence electrons. The van der Waals surface area contributed by atoms with Gasteiger partial charge in [0.1, 0.15) is 0 Å². The topological polar surface area (TPSA) is 12.0 Å². The molecule has 1 aromatic heterocycles. The number of halogens is 1. The fraction of sp³-hybridized carbons (Fsp3) is 0.286. The zero-order chi connectivity index (χ0) is 12.1. The molecule has 0 aliphatic heterocycles. The van der Waals surface area contributed by atoms with E-state index >= 15 is 0 Å². The molecule has 2 rings (SSSR count). The van der Waals surface area contributed by atoms with Crippen molar-refractivity contribution in [3.63, 3.8) is 0 Å². The van der Waals surface area contributed by atoms with E-state index in [-0.39, 0.29) is 0 Å². The van der Waals surface area contributed by atoms with Crippen LogP contribution in [-0.2, 0) is 6.42 Å². The van der Waals surface area contributed by atoms with Gasteiger partial charge in [0, 0.05) is 11.1 Å². The molecule has 0 spiro atoms. The summed E-state index contributed by atoms with van der Waals surface area (Å²) in [5.41, 5.74) is 2.54. The van der Waals surface area contributed by atoms with Gasteiger partial charge in [-0.1, -0.05) is 36.7 Å². The molecule has 3 heteroatoms. The minimum atomic E-state index is 0.295. The predicted octanol–water partition coefficient (Wildman–Crippen LogP) is 4.29. The van der Waals surface area contributed by atoms with Crippen LogP contribution < -0.4 is 5.32 Å². The normalized spacial score (nSPS) is 12.6. The predicted molar refractivity (Wildman–Crippen MR) is 75.9 cm³/mol. The number of likely N-dealkylation sites (N-methyl/N-ethyl adjacent to an activating group) is 1. The third-order valence-electron chi connectivity index (χ3n) is 2.75. The smallest absolute Gasteiger partial charge is 0.0453 e. The van der Waals surface area contributed by atoms with E-state index in [1.54, 1.807) is 11.3 Å². The van der Waals surface area contributed by atoms with E-state index in [4.69, 9.17) is 11.6 Å². The highest BCUT2D eigenvalue weighted by Crippen LogP contribution is 2.26. The van der Waals surface area contributed by atoms with Crippen LogP contribution in [0.3, 0.4) is 0 Å². The van der Waals surface area contributed by atoms with Gasteiger partial charge in [-0.2, -0.15) is 11.3 Å². The first-order chi connectivity index (χ1) is 8.31. The zero-order valence-corrected chi connectivity index (χ0v) is 11.4. The highest BCUT2D eigenvalue weighted by Gasteiger charge is 2.13. The van der Waals surface area contributed by atoms with Gasteiger partial charge in [-0.3, -0.25) is 0 Å². The van der Waals surface area contributed by atoms with Crippen molar-refractivity contribution in [3.05, 3.63) is 57.2 Å². The van der Waals surface area contributed by atoms with Crippen LogP contribution in [0.1, 0.15) is 24.1 Å². The standard InChI is InChI=1S/C14H16ClNS/c1-2-16-14(9-11-7-8-17-10-11)12-5-3-4-6-13(12)15/h3-8,10,14,16H,2,9H2,1H3. The van der Waals surface area contributed by atoms with Gasteiger partial charge >= 0.3 is 0 Å². The highest BCUT2D eigenvalue weighted by atomic mass is 35.5. The van der Waals surface area contributed by atoms with Crippen molar-refractivity contribution in [3.8, 4) is 0 Å². The Hall–Kier alpha value is -0.830. The molecule has 1 unspecified atom stereocenters. The molecule has 1 atom stereocenters. The molecular formula is C14H16ClNS. The summed E-state index contributed by atoms with van der Waals surface area (Å²) in [7, 11) is 0. The Morgan fingerprint density at radius 1 is 1.29 bits per heavy atom. The lowest BCUT2D eigenvalue weighted by Gasteiger charge is -2.19. The Kier molecular flexibility index (Phi) is 4.60. The van der Waals surface area contributed by atoms with Crippen molar-refractivity contribution in [1.82, 2.24) is 5.32 Å². The zero-order valence-electron chi connectivity index (χ0n) is 9.82. The number of hydrogen-bond donors (Lipinski definition) is 1. The van der Waals surface area contributed by atoms with Gasteiger partial charge in [-0.25, -0.2) is 0 Å². The molecule has 0 saturated carbocycles. The van der Waals surface area contributed by atoms with Crippen molar-refractivity contribution in [2.24, 2.45) is 0 Å². The van der Waals surface area contributed by atoms with Crippen molar-refractivity contribution in [2.45, 2.75) is 19.4 Å². The SMILES string of the molecule is CCNC(Cc1ccsc1)c1ccccc1Cl. The molecule has 0 bridgehead atoms. The van der Waals surface area contributed by atoms with Crippen LogP contribution in [0.25, 0.3) is 0 Å². The number of nitrogens with one attached hydrogen (secondary N) is 1. The largest absolute Gasteiger partial charge is 0.310 e. The second-order valence-corrected chi connectivity index (χ2v) is 5.15. The first kappa shape index (κ1) is 12.6. The Morgan fingerprint density at radius 3 is 2.76 bits per heavy atom. The van der Waals surface area contributed by atoms with Crippen molar-refractivity contribution >= 4 is 22.9 Å². The second kappa shape index (κ2) is 6.20. The molecule has 1 nitrogen and oxygen atoms in total. The monoisotopic (exact) mass is 265 g/mol. The van der Waals surface area contributed by atoms with Crippen molar-refractivity contribution < 1.29 is 0 Å². The summed E-state index contributed by atoms with van der Waals surface area (Å²) in [5.74, 6) is 0. The van der Waals surface area contributed by atoms with Crippen molar-refractivity contribution in [2.75, 3.05) is 6.54 Å². The van der Waals surface area contributed by atoms with Gasteiger partial charge < -0.3 is 5.32 Å². The molecule has 1 aromatic carbocycles. The molecule has 0 radical (unpaired) electrons. The lowest BCUT2D eigenvalue weighted by atomic mass is 10.0. The Morgan fingerprint density at radius 2 is 2.12 bits per heavy atom. The maximum atomic E-state index is 6.26. The van der Waals surface area contributed by atoms with E-state index in [9.17, 15) is 0 Å². The second-order valence-electron chi connectivity index (χ2n) is 3.97. The third-order valence-corrected chi connectivity index (χ3v) is 3.83. The van der Waals surface area contributed by atoms with Gasteiger partial charge in [0.15, 0.2) is 0 Å². The lowest BCUT2D eigenvalue weighted by Crippen LogP contribution is -2.23. The van der Waals surface area contributed by atoms with E-state index in [0.29, 0.717) is 6.04 Å². The number of hydrogen-bond acceptors (Lipinski definition) is 2. The van der Waals surface area contributed by atoms with Crippen LogP contribution in [0, 0.1) is 0 Å². The van der Waals surface area contributed by atoms with E-state index in [0.717, 1.165) is 18.0 Å². The fourth-order valence-corrected chi connectivity index (χ4v) is 2.89. The van der Waals surface area contributed by atoms with Crippen LogP contribution in [0.4, 0.5) is 0 Å². The van der Waals surface area contributed by atoms with Crippen molar-refractivity contribution in [1.29, 1.82) is 0 Å². The summed E-state index contributed by atoms with van der Waals surface area (Å²) in [5, 5.41) is 8.65. The molecule has 0 fully saturated rings. The Labute approximate surface area is 111 Å². The number of rotatable bonds is 5. The Balaban J connectivity index is 2.20. The summed E-state index contributed by atoms with van der Waals surface area (Å²) in [6, 6.07) is 10.5. The first-order valence-electron chi connectivity index (χ1n) is 5.80. The molecule has 0 amide bonds. The minimum absolute atomic E-state index is 0.295. The molecule has 1 N–H and O–H groups in total. The lowest BCUT2D eigenvalue weighted by molar-refractivity contribution is 0.550. The quantitative estimate of drug-likeness (QED) is 0.850. The molecule has 1 heterocycles. The van der Waals surface area contributed by atoms with E-state index in [1.165, 1.54) is 11.1 Å². The number of benzene rings is 1. The average Bonchev–Trinajstić information content (AvgIpc) is 2.82. The van der Waals surface area contributed by atoms with Crippen LogP contribution in [0.5, 0.6) is 0 Å². The van der Waals surface area contributed by atoms with Crippen LogP contribution in [-0.4, -0.2) is 6.54 Å². The molecule has 0 aliphatic carbocycles. The maximum Gasteiger partial charge on any atom is 0.0453 e. The highest BCUT2D eigenvalue weighted by molar-refractivity contribution is 7.07. The minimum Gasteiger partial charge on any atom is -0.310 e. The third kappa shape index (κ3) is 3.32. The van der Waals surface area contributed by atoms with Gasteiger partial charge in [0.25, 0.3) is 0 Å². The van der Waals surface area contributed by atoms with E-state index in [2.05, 4.69) is 35.1 Å². The average molecular weight is 266 g/mol. The molecule has 0 saturated heterocycles. The molecule has 2 aromatic rings. The maximum absolute atomic E-state index is 6.26. The summed E-state index contributed by atoms with van der Waals surface area (Å²) in [6.07, 6.45) is 0.987. The molecule has 0 aliphatic rings. The van der Waals surface area contributed by atoms with Gasteiger partial charge in [-0.05, 0) is 47.0 Å².